The van der Waals surface area contributed by atoms with Crippen molar-refractivity contribution >= 4 is 5.57 Å². The second-order valence-corrected chi connectivity index (χ2v) is 4.25. The molecule has 0 aliphatic rings. The number of allylic oxidation sites excluding steroid dienone is 2. The Bertz CT molecular complexity index is 452. The van der Waals surface area contributed by atoms with Crippen molar-refractivity contribution in [2.24, 2.45) is 0 Å². The quantitative estimate of drug-likeness (QED) is 0.727. The zero-order valence-corrected chi connectivity index (χ0v) is 10.9. The van der Waals surface area contributed by atoms with Crippen LogP contribution in [0.1, 0.15) is 44.2 Å². The molecule has 0 N–H and O–H groups in total. The predicted molar refractivity (Wildman–Crippen MR) is 71.0 cm³/mol. The van der Waals surface area contributed by atoms with Crippen molar-refractivity contribution in [3.63, 3.8) is 0 Å². The summed E-state index contributed by atoms with van der Waals surface area (Å²) in [4.78, 5) is 0. The third-order valence-corrected chi connectivity index (χ3v) is 2.69. The minimum atomic E-state index is 0.381. The van der Waals surface area contributed by atoms with E-state index in [0.29, 0.717) is 5.92 Å². The third-order valence-electron chi connectivity index (χ3n) is 2.69. The Morgan fingerprint density at radius 3 is 2.65 bits per heavy atom. The molecule has 1 aromatic carbocycles. The third kappa shape index (κ3) is 3.10. The van der Waals surface area contributed by atoms with Gasteiger partial charge in [0.15, 0.2) is 0 Å². The molecular weight excluding hydrogens is 210 g/mol. The summed E-state index contributed by atoms with van der Waals surface area (Å²) in [6.07, 6.45) is 2.82. The molecule has 17 heavy (non-hydrogen) atoms. The molecule has 1 rings (SSSR count). The van der Waals surface area contributed by atoms with E-state index >= 15 is 0 Å². The van der Waals surface area contributed by atoms with Crippen LogP contribution in [0.2, 0.25) is 0 Å². The lowest BCUT2D eigenvalue weighted by Crippen LogP contribution is -1.96. The van der Waals surface area contributed by atoms with E-state index in [-0.39, 0.29) is 0 Å². The molecule has 0 aliphatic carbocycles. The summed E-state index contributed by atoms with van der Waals surface area (Å²) in [6, 6.07) is 8.17. The Morgan fingerprint density at radius 2 is 2.18 bits per heavy atom. The largest absolute Gasteiger partial charge is 0.496 e. The first-order valence-corrected chi connectivity index (χ1v) is 5.92. The molecule has 0 bridgehead atoms. The summed E-state index contributed by atoms with van der Waals surface area (Å²) < 4.78 is 5.33. The van der Waals surface area contributed by atoms with Gasteiger partial charge in [-0.15, -0.1) is 0 Å². The number of hydrogen-bond donors (Lipinski definition) is 0. The van der Waals surface area contributed by atoms with Crippen molar-refractivity contribution in [1.82, 2.24) is 0 Å². The highest BCUT2D eigenvalue weighted by Crippen LogP contribution is 2.29. The minimum Gasteiger partial charge on any atom is -0.496 e. The van der Waals surface area contributed by atoms with Crippen LogP contribution in [0, 0.1) is 11.3 Å². The van der Waals surface area contributed by atoms with Gasteiger partial charge < -0.3 is 4.74 Å². The molecule has 2 heteroatoms. The number of ether oxygens (including phenoxy) is 1. The summed E-state index contributed by atoms with van der Waals surface area (Å²) in [5.74, 6) is 1.27. The Kier molecular flexibility index (Phi) is 4.78. The Morgan fingerprint density at radius 1 is 1.47 bits per heavy atom. The number of rotatable bonds is 4. The van der Waals surface area contributed by atoms with Crippen molar-refractivity contribution in [2.45, 2.75) is 33.1 Å². The van der Waals surface area contributed by atoms with Gasteiger partial charge in [-0.25, -0.2) is 0 Å². The van der Waals surface area contributed by atoms with Crippen LogP contribution in [0.4, 0.5) is 0 Å². The highest BCUT2D eigenvalue weighted by Gasteiger charge is 2.10. The number of hydrogen-bond acceptors (Lipinski definition) is 2. The van der Waals surface area contributed by atoms with Gasteiger partial charge in [0.2, 0.25) is 0 Å². The van der Waals surface area contributed by atoms with Gasteiger partial charge >= 0.3 is 0 Å². The van der Waals surface area contributed by atoms with Crippen molar-refractivity contribution in [1.29, 1.82) is 5.26 Å². The van der Waals surface area contributed by atoms with Crippen molar-refractivity contribution < 1.29 is 4.74 Å². The average molecular weight is 229 g/mol. The van der Waals surface area contributed by atoms with Crippen LogP contribution in [0.5, 0.6) is 5.75 Å². The molecule has 0 aromatic heterocycles. The molecule has 0 unspecified atom stereocenters. The van der Waals surface area contributed by atoms with Crippen LogP contribution in [0.25, 0.3) is 5.57 Å². The lowest BCUT2D eigenvalue weighted by molar-refractivity contribution is 0.407. The maximum atomic E-state index is 9.12. The second-order valence-electron chi connectivity index (χ2n) is 4.25. The van der Waals surface area contributed by atoms with Crippen molar-refractivity contribution in [3.05, 3.63) is 35.4 Å². The summed E-state index contributed by atoms with van der Waals surface area (Å²) in [6.45, 7) is 6.28. The fourth-order valence-corrected chi connectivity index (χ4v) is 1.79. The zero-order valence-electron chi connectivity index (χ0n) is 10.9. The number of nitriles is 1. The smallest absolute Gasteiger partial charge is 0.122 e. The maximum Gasteiger partial charge on any atom is 0.122 e. The predicted octanol–water partition coefficient (Wildman–Crippen LogP) is 4.14. The molecular formula is C15H19NO. The van der Waals surface area contributed by atoms with E-state index in [1.807, 2.05) is 31.2 Å². The van der Waals surface area contributed by atoms with Gasteiger partial charge in [-0.3, -0.25) is 0 Å². The molecule has 0 radical (unpaired) electrons. The molecule has 0 aliphatic heterocycles. The van der Waals surface area contributed by atoms with E-state index in [9.17, 15) is 0 Å². The average Bonchev–Trinajstić information content (AvgIpc) is 2.35. The highest BCUT2D eigenvalue weighted by atomic mass is 16.5. The standard InChI is InChI=1S/C15H19NO/c1-5-6-13(10-16)12-7-8-15(17-4)14(9-12)11(2)3/h6-9,11H,5H2,1-4H3/b13-6+. The van der Waals surface area contributed by atoms with E-state index in [1.165, 1.54) is 0 Å². The van der Waals surface area contributed by atoms with E-state index in [4.69, 9.17) is 10.00 Å². The number of methoxy groups -OCH3 is 1. The molecule has 0 spiro atoms. The molecule has 0 heterocycles. The molecule has 0 amide bonds. The Labute approximate surface area is 104 Å². The fraction of sp³-hybridized carbons (Fsp3) is 0.400. The summed E-state index contributed by atoms with van der Waals surface area (Å²) in [7, 11) is 1.67. The molecule has 1 aromatic rings. The van der Waals surface area contributed by atoms with Gasteiger partial charge in [-0.2, -0.15) is 5.26 Å². The van der Waals surface area contributed by atoms with E-state index < -0.39 is 0 Å². The summed E-state index contributed by atoms with van der Waals surface area (Å²) in [5, 5.41) is 9.12. The van der Waals surface area contributed by atoms with Gasteiger partial charge in [0.1, 0.15) is 5.75 Å². The minimum absolute atomic E-state index is 0.381. The van der Waals surface area contributed by atoms with Gasteiger partial charge in [0.25, 0.3) is 0 Å². The molecule has 2 nitrogen and oxygen atoms in total. The SMILES string of the molecule is CC/C=C(\C#N)c1ccc(OC)c(C(C)C)c1. The first-order chi connectivity index (χ1) is 8.13. The van der Waals surface area contributed by atoms with Gasteiger partial charge in [-0.1, -0.05) is 26.8 Å². The van der Waals surface area contributed by atoms with Crippen LogP contribution in [0.15, 0.2) is 24.3 Å². The second kappa shape index (κ2) is 6.10. The zero-order chi connectivity index (χ0) is 12.8. The van der Waals surface area contributed by atoms with Crippen molar-refractivity contribution in [2.75, 3.05) is 7.11 Å². The van der Waals surface area contributed by atoms with Crippen LogP contribution >= 0.6 is 0 Å². The van der Waals surface area contributed by atoms with Crippen molar-refractivity contribution in [3.8, 4) is 11.8 Å². The fourth-order valence-electron chi connectivity index (χ4n) is 1.79. The van der Waals surface area contributed by atoms with Crippen LogP contribution < -0.4 is 4.74 Å². The van der Waals surface area contributed by atoms with Gasteiger partial charge in [-0.05, 0) is 41.7 Å². The first-order valence-electron chi connectivity index (χ1n) is 5.92. The highest BCUT2D eigenvalue weighted by molar-refractivity contribution is 5.77. The number of benzene rings is 1. The molecule has 0 fully saturated rings. The van der Waals surface area contributed by atoms with Gasteiger partial charge in [0.05, 0.1) is 18.8 Å². The van der Waals surface area contributed by atoms with Crippen LogP contribution in [0.3, 0.4) is 0 Å². The van der Waals surface area contributed by atoms with E-state index in [0.717, 1.165) is 28.9 Å². The molecule has 0 saturated carbocycles. The molecule has 0 atom stereocenters. The normalized spacial score (nSPS) is 11.4. The Hall–Kier alpha value is -1.75. The monoisotopic (exact) mass is 229 g/mol. The van der Waals surface area contributed by atoms with E-state index in [1.54, 1.807) is 7.11 Å². The van der Waals surface area contributed by atoms with E-state index in [2.05, 4.69) is 19.9 Å². The first kappa shape index (κ1) is 13.3. The topological polar surface area (TPSA) is 33.0 Å². The number of nitrogens with zero attached hydrogens (tertiary/aromatic N) is 1. The van der Waals surface area contributed by atoms with Gasteiger partial charge in [0, 0.05) is 0 Å². The van der Waals surface area contributed by atoms with Crippen LogP contribution in [-0.2, 0) is 0 Å². The molecule has 0 saturated heterocycles. The Balaban J connectivity index is 3.26. The summed E-state index contributed by atoms with van der Waals surface area (Å²) in [5.41, 5.74) is 2.85. The van der Waals surface area contributed by atoms with Crippen LogP contribution in [-0.4, -0.2) is 7.11 Å². The summed E-state index contributed by atoms with van der Waals surface area (Å²) >= 11 is 0. The maximum absolute atomic E-state index is 9.12. The molecule has 90 valence electrons. The lowest BCUT2D eigenvalue weighted by Gasteiger charge is -2.13. The lowest BCUT2D eigenvalue weighted by atomic mass is 9.96.